The van der Waals surface area contributed by atoms with Crippen LogP contribution in [0.4, 0.5) is 5.69 Å². The van der Waals surface area contributed by atoms with Gasteiger partial charge in [0.15, 0.2) is 6.61 Å². The lowest BCUT2D eigenvalue weighted by atomic mass is 9.82. The largest absolute Gasteiger partial charge is 0.482 e. The summed E-state index contributed by atoms with van der Waals surface area (Å²) in [5, 5.41) is 8.96. The van der Waals surface area contributed by atoms with Crippen molar-refractivity contribution >= 4 is 17.6 Å². The lowest BCUT2D eigenvalue weighted by Gasteiger charge is -2.31. The summed E-state index contributed by atoms with van der Waals surface area (Å²) in [6.45, 7) is 4.32. The number of benzene rings is 3. The molecule has 1 N–H and O–H groups in total. The Hall–Kier alpha value is -3.80. The summed E-state index contributed by atoms with van der Waals surface area (Å²) in [6.07, 6.45) is 4.69. The molecule has 0 radical (unpaired) electrons. The van der Waals surface area contributed by atoms with Gasteiger partial charge >= 0.3 is 5.97 Å². The molecule has 3 aromatic rings. The fourth-order valence-electron chi connectivity index (χ4n) is 5.28. The first kappa shape index (κ1) is 27.2. The highest BCUT2D eigenvalue weighted by Crippen LogP contribution is 2.33. The van der Waals surface area contributed by atoms with Crippen LogP contribution in [0.15, 0.2) is 78.9 Å². The molecule has 38 heavy (non-hydrogen) atoms. The number of hydrogen-bond acceptors (Lipinski definition) is 4. The molecule has 6 nitrogen and oxygen atoms in total. The van der Waals surface area contributed by atoms with E-state index in [0.717, 1.165) is 56.4 Å². The first-order valence-electron chi connectivity index (χ1n) is 13.6. The number of nitrogens with zero attached hydrogens (tertiary/aromatic N) is 2. The van der Waals surface area contributed by atoms with E-state index in [-0.39, 0.29) is 12.5 Å². The van der Waals surface area contributed by atoms with Crippen molar-refractivity contribution in [2.45, 2.75) is 45.6 Å². The maximum atomic E-state index is 13.6. The van der Waals surface area contributed by atoms with Crippen LogP contribution in [0.25, 0.3) is 0 Å². The van der Waals surface area contributed by atoms with Crippen LogP contribution in [0.5, 0.6) is 5.75 Å². The zero-order valence-corrected chi connectivity index (χ0v) is 22.2. The Morgan fingerprint density at radius 2 is 1.68 bits per heavy atom. The zero-order chi connectivity index (χ0) is 26.7. The second-order valence-electron chi connectivity index (χ2n) is 10.0. The van der Waals surface area contributed by atoms with E-state index >= 15 is 0 Å². The van der Waals surface area contributed by atoms with Gasteiger partial charge < -0.3 is 19.6 Å². The van der Waals surface area contributed by atoms with E-state index in [0.29, 0.717) is 24.8 Å². The highest BCUT2D eigenvalue weighted by atomic mass is 16.5. The number of para-hydroxylation sites is 1. The van der Waals surface area contributed by atoms with Gasteiger partial charge in [0, 0.05) is 25.3 Å². The smallest absolute Gasteiger partial charge is 0.341 e. The molecule has 0 aliphatic heterocycles. The number of ether oxygens (including phenoxy) is 1. The monoisotopic (exact) mass is 514 g/mol. The molecule has 6 heteroatoms. The molecule has 4 rings (SSSR count). The first-order valence-corrected chi connectivity index (χ1v) is 13.6. The summed E-state index contributed by atoms with van der Waals surface area (Å²) in [6, 6.07) is 26.4. The molecule has 0 saturated carbocycles. The number of anilines is 1. The molecule has 1 aliphatic rings. The number of aliphatic carboxylic acids is 1. The molecule has 1 aliphatic carbocycles. The minimum absolute atomic E-state index is 0.159. The summed E-state index contributed by atoms with van der Waals surface area (Å²) in [5.41, 5.74) is 4.59. The average Bonchev–Trinajstić information content (AvgIpc) is 2.94. The Labute approximate surface area is 225 Å². The quantitative estimate of drug-likeness (QED) is 0.322. The van der Waals surface area contributed by atoms with Gasteiger partial charge in [-0.3, -0.25) is 4.79 Å². The molecular weight excluding hydrogens is 476 g/mol. The van der Waals surface area contributed by atoms with Crippen LogP contribution in [0, 0.1) is 5.92 Å². The lowest BCUT2D eigenvalue weighted by Crippen LogP contribution is -2.41. The topological polar surface area (TPSA) is 70.1 Å². The molecule has 0 bridgehead atoms. The third-order valence-corrected chi connectivity index (χ3v) is 7.21. The molecule has 1 unspecified atom stereocenters. The fraction of sp³-hybridized carbons (Fsp3) is 0.375. The predicted octanol–water partition coefficient (Wildman–Crippen LogP) is 5.59. The molecule has 0 heterocycles. The van der Waals surface area contributed by atoms with Crippen LogP contribution in [-0.4, -0.2) is 48.1 Å². The minimum Gasteiger partial charge on any atom is -0.482 e. The van der Waals surface area contributed by atoms with Gasteiger partial charge in [0.25, 0.3) is 0 Å². The molecule has 0 fully saturated rings. The van der Waals surface area contributed by atoms with E-state index in [9.17, 15) is 9.59 Å². The molecule has 0 saturated heterocycles. The zero-order valence-electron chi connectivity index (χ0n) is 22.2. The number of carboxylic acid groups (broad SMARTS) is 1. The van der Waals surface area contributed by atoms with Crippen LogP contribution in [0.3, 0.4) is 0 Å². The standard InChI is InChI=1S/C32H38N2O4/c1-2-19-33(20-18-25-16-17-29-27(21-25)12-9-15-30(29)38-24-32(36)37)31(35)23-34(28-13-7-4-8-14-28)22-26-10-5-3-6-11-26/h3-15,25H,2,16-24H2,1H3,(H,36,37). The van der Waals surface area contributed by atoms with E-state index in [1.807, 2.05) is 53.4 Å². The van der Waals surface area contributed by atoms with Crippen molar-refractivity contribution in [3.05, 3.63) is 95.6 Å². The summed E-state index contributed by atoms with van der Waals surface area (Å²) in [7, 11) is 0. The third kappa shape index (κ3) is 7.60. The third-order valence-electron chi connectivity index (χ3n) is 7.21. The molecule has 1 amide bonds. The van der Waals surface area contributed by atoms with Crippen molar-refractivity contribution in [1.82, 2.24) is 4.90 Å². The van der Waals surface area contributed by atoms with Crippen LogP contribution in [0.1, 0.15) is 42.9 Å². The Morgan fingerprint density at radius 3 is 2.39 bits per heavy atom. The number of fused-ring (bicyclic) bond motifs is 1. The Bertz CT molecular complexity index is 1180. The van der Waals surface area contributed by atoms with Crippen LogP contribution in [-0.2, 0) is 29.0 Å². The molecule has 0 aromatic heterocycles. The van der Waals surface area contributed by atoms with Crippen molar-refractivity contribution in [1.29, 1.82) is 0 Å². The van der Waals surface area contributed by atoms with Crippen LogP contribution in [0.2, 0.25) is 0 Å². The van der Waals surface area contributed by atoms with Crippen molar-refractivity contribution in [2.24, 2.45) is 5.92 Å². The number of amides is 1. The number of rotatable bonds is 13. The predicted molar refractivity (Wildman–Crippen MR) is 151 cm³/mol. The average molecular weight is 515 g/mol. The maximum absolute atomic E-state index is 13.6. The highest BCUT2D eigenvalue weighted by molar-refractivity contribution is 5.81. The van der Waals surface area contributed by atoms with Gasteiger partial charge in [-0.2, -0.15) is 0 Å². The summed E-state index contributed by atoms with van der Waals surface area (Å²) in [4.78, 5) is 28.7. The van der Waals surface area contributed by atoms with E-state index < -0.39 is 5.97 Å². The van der Waals surface area contributed by atoms with E-state index in [1.54, 1.807) is 0 Å². The summed E-state index contributed by atoms with van der Waals surface area (Å²) in [5.74, 6) is 0.364. The number of carbonyl (C=O) groups is 2. The van der Waals surface area contributed by atoms with Gasteiger partial charge in [0.1, 0.15) is 5.75 Å². The fourth-order valence-corrected chi connectivity index (χ4v) is 5.28. The van der Waals surface area contributed by atoms with Crippen LogP contribution >= 0.6 is 0 Å². The van der Waals surface area contributed by atoms with E-state index in [2.05, 4.69) is 42.2 Å². The normalized spacial score (nSPS) is 14.4. The van der Waals surface area contributed by atoms with E-state index in [1.165, 1.54) is 11.1 Å². The van der Waals surface area contributed by atoms with Crippen LogP contribution < -0.4 is 9.64 Å². The van der Waals surface area contributed by atoms with Gasteiger partial charge in [-0.25, -0.2) is 4.79 Å². The van der Waals surface area contributed by atoms with Crippen molar-refractivity contribution in [3.8, 4) is 5.75 Å². The second kappa shape index (κ2) is 13.7. The van der Waals surface area contributed by atoms with Gasteiger partial charge in [0.05, 0.1) is 6.54 Å². The second-order valence-corrected chi connectivity index (χ2v) is 10.0. The molecule has 3 aromatic carbocycles. The highest BCUT2D eigenvalue weighted by Gasteiger charge is 2.24. The lowest BCUT2D eigenvalue weighted by molar-refractivity contribution is -0.139. The van der Waals surface area contributed by atoms with E-state index in [4.69, 9.17) is 9.84 Å². The Morgan fingerprint density at radius 1 is 0.947 bits per heavy atom. The van der Waals surface area contributed by atoms with Crippen molar-refractivity contribution in [2.75, 3.05) is 31.1 Å². The van der Waals surface area contributed by atoms with Gasteiger partial charge in [-0.05, 0) is 72.9 Å². The minimum atomic E-state index is -0.966. The molecule has 0 spiro atoms. The Balaban J connectivity index is 1.38. The first-order chi connectivity index (χ1) is 18.5. The summed E-state index contributed by atoms with van der Waals surface area (Å²) < 4.78 is 5.52. The molecule has 200 valence electrons. The summed E-state index contributed by atoms with van der Waals surface area (Å²) >= 11 is 0. The van der Waals surface area contributed by atoms with Gasteiger partial charge in [-0.1, -0.05) is 67.6 Å². The maximum Gasteiger partial charge on any atom is 0.341 e. The van der Waals surface area contributed by atoms with Gasteiger partial charge in [0.2, 0.25) is 5.91 Å². The molecule has 1 atom stereocenters. The Kier molecular flexibility index (Phi) is 9.79. The molecular formula is C32H38N2O4. The number of carbonyl (C=O) groups excluding carboxylic acids is 1. The SMILES string of the molecule is CCCN(CCC1CCc2c(cccc2OCC(=O)O)C1)C(=O)CN(Cc1ccccc1)c1ccccc1. The number of hydrogen-bond donors (Lipinski definition) is 1. The van der Waals surface area contributed by atoms with Crippen molar-refractivity contribution < 1.29 is 19.4 Å². The van der Waals surface area contributed by atoms with Crippen molar-refractivity contribution in [3.63, 3.8) is 0 Å². The van der Waals surface area contributed by atoms with Gasteiger partial charge in [-0.15, -0.1) is 0 Å². The number of carboxylic acids is 1.